The fraction of sp³-hybridized carbons (Fsp3) is 0.625. The number of aromatic nitrogens is 2. The van der Waals surface area contributed by atoms with Gasteiger partial charge in [-0.2, -0.15) is 0 Å². The van der Waals surface area contributed by atoms with E-state index in [4.69, 9.17) is 0 Å². The number of carbonyl (C=O) groups excluding carboxylic acids is 2. The first-order chi connectivity index (χ1) is 11.2. The van der Waals surface area contributed by atoms with Crippen molar-refractivity contribution in [2.75, 3.05) is 13.1 Å². The lowest BCUT2D eigenvalue weighted by Gasteiger charge is -2.33. The second-order valence-corrected chi connectivity index (χ2v) is 6.86. The van der Waals surface area contributed by atoms with Gasteiger partial charge in [-0.1, -0.05) is 0 Å². The van der Waals surface area contributed by atoms with Crippen LogP contribution in [0.15, 0.2) is 4.79 Å². The zero-order valence-corrected chi connectivity index (χ0v) is 14.0. The van der Waals surface area contributed by atoms with Crippen molar-refractivity contribution in [2.45, 2.75) is 51.2 Å². The molecule has 2 amide bonds. The molecule has 3 rings (SSSR count). The number of hydrogen-bond acceptors (Lipinski definition) is 4. The summed E-state index contributed by atoms with van der Waals surface area (Å²) < 4.78 is 15.4. The van der Waals surface area contributed by atoms with E-state index in [0.29, 0.717) is 24.2 Å². The Morgan fingerprint density at radius 2 is 2.00 bits per heavy atom. The summed E-state index contributed by atoms with van der Waals surface area (Å²) in [5.41, 5.74) is -2.58. The van der Waals surface area contributed by atoms with Gasteiger partial charge in [0.05, 0.1) is 17.8 Å². The van der Waals surface area contributed by atoms with Gasteiger partial charge in [-0.05, 0) is 33.1 Å². The molecule has 24 heavy (non-hydrogen) atoms. The number of hydrogen-bond donors (Lipinski definition) is 2. The lowest BCUT2D eigenvalue weighted by atomic mass is 9.87. The molecule has 1 aromatic rings. The van der Waals surface area contributed by atoms with Gasteiger partial charge in [0, 0.05) is 19.2 Å². The Hall–Kier alpha value is -2.25. The Kier molecular flexibility index (Phi) is 3.73. The van der Waals surface area contributed by atoms with E-state index in [2.05, 4.69) is 15.3 Å². The largest absolute Gasteiger partial charge is 0.340 e. The Morgan fingerprint density at radius 1 is 1.29 bits per heavy atom. The topological polar surface area (TPSA) is 95.2 Å². The highest BCUT2D eigenvalue weighted by atomic mass is 19.1. The summed E-state index contributed by atoms with van der Waals surface area (Å²) in [4.78, 5) is 44.2. The number of aromatic amines is 1. The summed E-state index contributed by atoms with van der Waals surface area (Å²) in [6, 6.07) is 0. The molecule has 1 aliphatic heterocycles. The molecular weight excluding hydrogens is 315 g/mol. The van der Waals surface area contributed by atoms with Crippen LogP contribution in [0.2, 0.25) is 0 Å². The standard InChI is InChI=1S/C16H21FN4O3/c1-9-10(2)19-13(23)12(18-9)14(24)20-16-6-4-5-15(16,17)7-21(8-16)11(3)22/h4-8H2,1-3H3,(H,19,23)(H,20,24)/t15-,16+/m0/s1. The first-order valence-corrected chi connectivity index (χ1v) is 8.02. The number of amides is 2. The maximum absolute atomic E-state index is 15.4. The molecule has 2 heterocycles. The van der Waals surface area contributed by atoms with Gasteiger partial charge in [0.2, 0.25) is 5.91 Å². The molecule has 0 spiro atoms. The highest BCUT2D eigenvalue weighted by Crippen LogP contribution is 2.47. The zero-order chi connectivity index (χ0) is 17.7. The fourth-order valence-corrected chi connectivity index (χ4v) is 3.76. The number of fused-ring (bicyclic) bond motifs is 1. The van der Waals surface area contributed by atoms with Gasteiger partial charge in [-0.3, -0.25) is 14.4 Å². The first-order valence-electron chi connectivity index (χ1n) is 8.02. The summed E-state index contributed by atoms with van der Waals surface area (Å²) in [5, 5.41) is 2.69. The molecule has 0 unspecified atom stereocenters. The highest BCUT2D eigenvalue weighted by Gasteiger charge is 2.63. The minimum atomic E-state index is -1.67. The Bertz CT molecular complexity index is 777. The van der Waals surface area contributed by atoms with Gasteiger partial charge >= 0.3 is 0 Å². The number of likely N-dealkylation sites (tertiary alicyclic amines) is 1. The van der Waals surface area contributed by atoms with E-state index < -0.39 is 22.7 Å². The predicted molar refractivity (Wildman–Crippen MR) is 84.5 cm³/mol. The van der Waals surface area contributed by atoms with Crippen molar-refractivity contribution >= 4 is 11.8 Å². The summed E-state index contributed by atoms with van der Waals surface area (Å²) in [5.74, 6) is -0.925. The van der Waals surface area contributed by atoms with E-state index in [1.165, 1.54) is 11.8 Å². The molecule has 0 aromatic carbocycles. The number of H-pyrrole nitrogens is 1. The highest BCUT2D eigenvalue weighted by molar-refractivity contribution is 5.93. The van der Waals surface area contributed by atoms with Gasteiger partial charge in [0.15, 0.2) is 11.4 Å². The van der Waals surface area contributed by atoms with Crippen LogP contribution in [0.1, 0.15) is 48.1 Å². The van der Waals surface area contributed by atoms with E-state index in [0.717, 1.165) is 0 Å². The van der Waals surface area contributed by atoms with E-state index >= 15 is 4.39 Å². The van der Waals surface area contributed by atoms with E-state index in [1.807, 2.05) is 0 Å². The average Bonchev–Trinajstić information content (AvgIpc) is 2.92. The van der Waals surface area contributed by atoms with Crippen molar-refractivity contribution in [2.24, 2.45) is 0 Å². The zero-order valence-electron chi connectivity index (χ0n) is 14.0. The predicted octanol–water partition coefficient (Wildman–Crippen LogP) is 0.610. The number of halogens is 1. The third-order valence-electron chi connectivity index (χ3n) is 5.29. The molecule has 8 heteroatoms. The second kappa shape index (κ2) is 5.39. The van der Waals surface area contributed by atoms with Gasteiger partial charge in [0.1, 0.15) is 0 Å². The molecule has 2 N–H and O–H groups in total. The second-order valence-electron chi connectivity index (χ2n) is 6.86. The van der Waals surface area contributed by atoms with Gasteiger partial charge in [-0.15, -0.1) is 0 Å². The molecule has 2 aliphatic rings. The van der Waals surface area contributed by atoms with Crippen LogP contribution >= 0.6 is 0 Å². The van der Waals surface area contributed by atoms with Gasteiger partial charge in [0.25, 0.3) is 11.5 Å². The monoisotopic (exact) mass is 336 g/mol. The van der Waals surface area contributed by atoms with Crippen molar-refractivity contribution in [3.63, 3.8) is 0 Å². The smallest absolute Gasteiger partial charge is 0.279 e. The van der Waals surface area contributed by atoms with Crippen LogP contribution in [-0.4, -0.2) is 51.0 Å². The number of aryl methyl sites for hydroxylation is 2. The van der Waals surface area contributed by atoms with Crippen molar-refractivity contribution < 1.29 is 14.0 Å². The molecule has 1 aliphatic carbocycles. The molecule has 1 aromatic heterocycles. The molecule has 0 bridgehead atoms. The number of alkyl halides is 1. The summed E-state index contributed by atoms with van der Waals surface area (Å²) in [7, 11) is 0. The molecule has 2 fully saturated rings. The van der Waals surface area contributed by atoms with E-state index in [1.54, 1.807) is 13.8 Å². The van der Waals surface area contributed by atoms with Gasteiger partial charge in [-0.25, -0.2) is 9.37 Å². The van der Waals surface area contributed by atoms with Crippen LogP contribution in [-0.2, 0) is 4.79 Å². The quantitative estimate of drug-likeness (QED) is 0.827. The average molecular weight is 336 g/mol. The SMILES string of the molecule is CC(=O)N1C[C@@]2(F)CCC[C@@]2(NC(=O)c2nc(C)c(C)[nH]c2=O)C1. The maximum Gasteiger partial charge on any atom is 0.279 e. The van der Waals surface area contributed by atoms with Gasteiger partial charge < -0.3 is 15.2 Å². The molecular formula is C16H21FN4O3. The Morgan fingerprint density at radius 3 is 2.67 bits per heavy atom. The third kappa shape index (κ3) is 2.40. The third-order valence-corrected chi connectivity index (χ3v) is 5.29. The summed E-state index contributed by atoms with van der Waals surface area (Å²) in [6.45, 7) is 4.85. The minimum Gasteiger partial charge on any atom is -0.340 e. The van der Waals surface area contributed by atoms with Crippen molar-refractivity contribution in [3.8, 4) is 0 Å². The van der Waals surface area contributed by atoms with Crippen molar-refractivity contribution in [1.29, 1.82) is 0 Å². The fourth-order valence-electron chi connectivity index (χ4n) is 3.76. The van der Waals surface area contributed by atoms with Crippen molar-refractivity contribution in [3.05, 3.63) is 27.4 Å². The van der Waals surface area contributed by atoms with Crippen molar-refractivity contribution in [1.82, 2.24) is 20.2 Å². The number of carbonyl (C=O) groups is 2. The molecule has 7 nitrogen and oxygen atoms in total. The molecule has 1 saturated carbocycles. The van der Waals surface area contributed by atoms with Crippen LogP contribution < -0.4 is 10.9 Å². The lowest BCUT2D eigenvalue weighted by molar-refractivity contribution is -0.128. The van der Waals surface area contributed by atoms with Crippen LogP contribution in [0.25, 0.3) is 0 Å². The number of rotatable bonds is 2. The molecule has 1 saturated heterocycles. The van der Waals surface area contributed by atoms with Crippen LogP contribution in [0, 0.1) is 13.8 Å². The number of nitrogens with one attached hydrogen (secondary N) is 2. The molecule has 130 valence electrons. The van der Waals surface area contributed by atoms with E-state index in [9.17, 15) is 14.4 Å². The number of nitrogens with zero attached hydrogens (tertiary/aromatic N) is 2. The normalized spacial score (nSPS) is 28.8. The molecule has 2 atom stereocenters. The van der Waals surface area contributed by atoms with E-state index in [-0.39, 0.29) is 31.1 Å². The lowest BCUT2D eigenvalue weighted by Crippen LogP contribution is -2.59. The van der Waals surface area contributed by atoms with Crippen LogP contribution in [0.5, 0.6) is 0 Å². The maximum atomic E-state index is 15.4. The van der Waals surface area contributed by atoms with Crippen LogP contribution in [0.3, 0.4) is 0 Å². The minimum absolute atomic E-state index is 0.0284. The first kappa shape index (κ1) is 16.6. The Balaban J connectivity index is 1.92. The molecule has 0 radical (unpaired) electrons. The Labute approximate surface area is 138 Å². The summed E-state index contributed by atoms with van der Waals surface area (Å²) >= 11 is 0. The summed E-state index contributed by atoms with van der Waals surface area (Å²) in [6.07, 6.45) is 1.34. The van der Waals surface area contributed by atoms with Crippen LogP contribution in [0.4, 0.5) is 4.39 Å².